The molecule has 0 atom stereocenters. The molecule has 1 fully saturated rings. The minimum atomic E-state index is -3.73. The van der Waals surface area contributed by atoms with Crippen molar-refractivity contribution >= 4 is 45.1 Å². The van der Waals surface area contributed by atoms with E-state index in [9.17, 15) is 13.2 Å². The molecule has 1 aromatic heterocycles. The van der Waals surface area contributed by atoms with Crippen molar-refractivity contribution in [1.29, 1.82) is 0 Å². The Balaban J connectivity index is 1.97. The van der Waals surface area contributed by atoms with E-state index in [1.54, 1.807) is 34.1 Å². The summed E-state index contributed by atoms with van der Waals surface area (Å²) < 4.78 is 31.5. The molecule has 1 amide bonds. The molecule has 1 aromatic carbocycles. The van der Waals surface area contributed by atoms with Crippen molar-refractivity contribution in [3.8, 4) is 5.75 Å². The van der Waals surface area contributed by atoms with Gasteiger partial charge in [0.2, 0.25) is 10.0 Å². The minimum absolute atomic E-state index is 0.0171. The summed E-state index contributed by atoms with van der Waals surface area (Å²) in [4.78, 5) is 15.8. The summed E-state index contributed by atoms with van der Waals surface area (Å²) in [7, 11) is 0.566. The van der Waals surface area contributed by atoms with Gasteiger partial charge >= 0.3 is 0 Å². The van der Waals surface area contributed by atoms with E-state index >= 15 is 0 Å². The van der Waals surface area contributed by atoms with Crippen molar-refractivity contribution in [3.63, 3.8) is 0 Å². The molecule has 0 unspecified atom stereocenters. The number of rotatable bonds is 5. The van der Waals surface area contributed by atoms with E-state index < -0.39 is 10.0 Å². The van der Waals surface area contributed by atoms with Crippen LogP contribution in [0.1, 0.15) is 15.2 Å². The summed E-state index contributed by atoms with van der Waals surface area (Å²) >= 11 is 3.22. The summed E-state index contributed by atoms with van der Waals surface area (Å²) in [6.07, 6.45) is 1.99. The van der Waals surface area contributed by atoms with Gasteiger partial charge in [0.05, 0.1) is 12.1 Å². The Labute approximate surface area is 167 Å². The molecule has 1 aliphatic rings. The van der Waals surface area contributed by atoms with Gasteiger partial charge in [-0.05, 0) is 35.7 Å². The van der Waals surface area contributed by atoms with Crippen LogP contribution in [0, 0.1) is 0 Å². The van der Waals surface area contributed by atoms with Gasteiger partial charge in [-0.3, -0.25) is 4.79 Å². The average molecular weight is 425 g/mol. The summed E-state index contributed by atoms with van der Waals surface area (Å²) in [6, 6.07) is 8.47. The Bertz CT molecular complexity index is 966. The number of amides is 1. The topological polar surface area (TPSA) is 66.9 Å². The fraction of sp³-hybridized carbons (Fsp3) is 0.278. The lowest BCUT2D eigenvalue weighted by molar-refractivity contribution is 0.0830. The third-order valence-electron chi connectivity index (χ3n) is 4.05. The molecule has 1 saturated heterocycles. The van der Waals surface area contributed by atoms with Crippen molar-refractivity contribution in [2.75, 3.05) is 33.5 Å². The van der Waals surface area contributed by atoms with Crippen molar-refractivity contribution in [2.45, 2.75) is 4.90 Å². The molecule has 2 heterocycles. The SMILES string of the molecule is COc1ccc(C(=O)N2CCS/C2=C/c2cccs2)cc1S(=O)(=O)N(C)C. The first-order chi connectivity index (χ1) is 12.8. The zero-order valence-corrected chi connectivity index (χ0v) is 17.7. The van der Waals surface area contributed by atoms with Gasteiger partial charge in [0.25, 0.3) is 5.91 Å². The second-order valence-corrected chi connectivity index (χ2v) is 10.2. The highest BCUT2D eigenvalue weighted by Crippen LogP contribution is 2.33. The lowest BCUT2D eigenvalue weighted by atomic mass is 10.2. The number of benzene rings is 1. The first-order valence-electron chi connectivity index (χ1n) is 8.15. The summed E-state index contributed by atoms with van der Waals surface area (Å²) in [6.45, 7) is 0.586. The third kappa shape index (κ3) is 4.06. The Morgan fingerprint density at radius 1 is 1.30 bits per heavy atom. The van der Waals surface area contributed by atoms with Crippen LogP contribution in [0.2, 0.25) is 0 Å². The fourth-order valence-corrected chi connectivity index (χ4v) is 5.43. The first-order valence-corrected chi connectivity index (χ1v) is 11.5. The van der Waals surface area contributed by atoms with Crippen LogP contribution in [0.3, 0.4) is 0 Å². The van der Waals surface area contributed by atoms with Gasteiger partial charge in [0.1, 0.15) is 10.6 Å². The van der Waals surface area contributed by atoms with Crippen LogP contribution in [0.4, 0.5) is 0 Å². The van der Waals surface area contributed by atoms with Gasteiger partial charge in [-0.1, -0.05) is 6.07 Å². The average Bonchev–Trinajstić information content (AvgIpc) is 3.32. The molecule has 0 saturated carbocycles. The van der Waals surface area contributed by atoms with E-state index in [2.05, 4.69) is 0 Å². The highest BCUT2D eigenvalue weighted by Gasteiger charge is 2.28. The van der Waals surface area contributed by atoms with Crippen LogP contribution >= 0.6 is 23.1 Å². The number of sulfonamides is 1. The van der Waals surface area contributed by atoms with E-state index in [0.29, 0.717) is 12.1 Å². The van der Waals surface area contributed by atoms with Gasteiger partial charge < -0.3 is 9.64 Å². The molecule has 2 aromatic rings. The van der Waals surface area contributed by atoms with Crippen molar-refractivity contribution in [2.24, 2.45) is 0 Å². The van der Waals surface area contributed by atoms with Gasteiger partial charge in [-0.25, -0.2) is 12.7 Å². The Morgan fingerprint density at radius 3 is 2.70 bits per heavy atom. The molecule has 0 N–H and O–H groups in total. The highest BCUT2D eigenvalue weighted by atomic mass is 32.2. The monoisotopic (exact) mass is 424 g/mol. The molecule has 0 spiro atoms. The molecule has 27 heavy (non-hydrogen) atoms. The van der Waals surface area contributed by atoms with Crippen LogP contribution in [0.25, 0.3) is 6.08 Å². The maximum absolute atomic E-state index is 13.1. The molecule has 1 aliphatic heterocycles. The molecule has 9 heteroatoms. The standard InChI is InChI=1S/C18H20N2O4S3/c1-19(2)27(22,23)16-11-13(6-7-15(16)24-3)18(21)20-8-10-26-17(20)12-14-5-4-9-25-14/h4-7,9,11-12H,8,10H2,1-3H3/b17-12+. The quantitative estimate of drug-likeness (QED) is 0.737. The first kappa shape index (κ1) is 19.9. The molecule has 0 bridgehead atoms. The highest BCUT2D eigenvalue weighted by molar-refractivity contribution is 8.03. The van der Waals surface area contributed by atoms with Crippen LogP contribution < -0.4 is 4.74 Å². The van der Waals surface area contributed by atoms with Crippen LogP contribution in [0.15, 0.2) is 45.6 Å². The molecule has 0 radical (unpaired) electrons. The van der Waals surface area contributed by atoms with Crippen LogP contribution in [0.5, 0.6) is 5.75 Å². The zero-order chi connectivity index (χ0) is 19.6. The molecular formula is C18H20N2O4S3. The van der Waals surface area contributed by atoms with Gasteiger partial charge in [-0.2, -0.15) is 0 Å². The van der Waals surface area contributed by atoms with E-state index in [1.807, 2.05) is 23.6 Å². The van der Waals surface area contributed by atoms with E-state index in [0.717, 1.165) is 20.0 Å². The van der Waals surface area contributed by atoms with Crippen molar-refractivity contribution in [3.05, 3.63) is 51.2 Å². The number of carbonyl (C=O) groups is 1. The lowest BCUT2D eigenvalue weighted by Gasteiger charge is -2.19. The molecular weight excluding hydrogens is 404 g/mol. The minimum Gasteiger partial charge on any atom is -0.495 e. The number of ether oxygens (including phenoxy) is 1. The molecule has 144 valence electrons. The largest absolute Gasteiger partial charge is 0.495 e. The van der Waals surface area contributed by atoms with E-state index in [1.165, 1.54) is 33.3 Å². The number of thioether (sulfide) groups is 1. The maximum Gasteiger partial charge on any atom is 0.258 e. The smallest absolute Gasteiger partial charge is 0.258 e. The van der Waals surface area contributed by atoms with Crippen LogP contribution in [-0.4, -0.2) is 57.0 Å². The second kappa shape index (κ2) is 8.05. The van der Waals surface area contributed by atoms with E-state index in [-0.39, 0.29) is 16.6 Å². The normalized spacial score (nSPS) is 16.3. The molecule has 3 rings (SSSR count). The molecule has 6 nitrogen and oxygen atoms in total. The van der Waals surface area contributed by atoms with Crippen molar-refractivity contribution in [1.82, 2.24) is 9.21 Å². The van der Waals surface area contributed by atoms with Gasteiger partial charge in [0.15, 0.2) is 0 Å². The van der Waals surface area contributed by atoms with E-state index in [4.69, 9.17) is 4.74 Å². The third-order valence-corrected chi connectivity index (χ3v) is 7.73. The zero-order valence-electron chi connectivity index (χ0n) is 15.2. The van der Waals surface area contributed by atoms with Crippen LogP contribution in [-0.2, 0) is 10.0 Å². The number of nitrogens with zero attached hydrogens (tertiary/aromatic N) is 2. The number of methoxy groups -OCH3 is 1. The van der Waals surface area contributed by atoms with Gasteiger partial charge in [-0.15, -0.1) is 23.1 Å². The number of hydrogen-bond donors (Lipinski definition) is 0. The Morgan fingerprint density at radius 2 is 2.07 bits per heavy atom. The van der Waals surface area contributed by atoms with Crippen molar-refractivity contribution < 1.29 is 17.9 Å². The number of carbonyl (C=O) groups excluding carboxylic acids is 1. The summed E-state index contributed by atoms with van der Waals surface area (Å²) in [5, 5.41) is 2.86. The summed E-state index contributed by atoms with van der Waals surface area (Å²) in [5.41, 5.74) is 0.316. The fourth-order valence-electron chi connectivity index (χ4n) is 2.61. The number of hydrogen-bond acceptors (Lipinski definition) is 6. The van der Waals surface area contributed by atoms with Gasteiger partial charge in [0, 0.05) is 36.8 Å². The Kier molecular flexibility index (Phi) is 5.95. The Hall–Kier alpha value is -1.81. The lowest BCUT2D eigenvalue weighted by Crippen LogP contribution is -2.27. The summed E-state index contributed by atoms with van der Waals surface area (Å²) in [5.74, 6) is 0.799. The predicted octanol–water partition coefficient (Wildman–Crippen LogP) is 3.19. The molecule has 0 aliphatic carbocycles. The second-order valence-electron chi connectivity index (χ2n) is 5.96. The predicted molar refractivity (Wildman–Crippen MR) is 110 cm³/mol. The number of thiophene rings is 1. The maximum atomic E-state index is 13.1.